The Balaban J connectivity index is 1.55. The zero-order valence-electron chi connectivity index (χ0n) is 18.3. The Morgan fingerprint density at radius 3 is 2.90 bits per heavy atom. The van der Waals surface area contributed by atoms with E-state index in [0.717, 1.165) is 32.0 Å². The highest BCUT2D eigenvalue weighted by Gasteiger charge is 2.30. The Morgan fingerprint density at radius 1 is 1.19 bits per heavy atom. The summed E-state index contributed by atoms with van der Waals surface area (Å²) in [6, 6.07) is 7.58. The van der Waals surface area contributed by atoms with Crippen LogP contribution >= 0.6 is 0 Å². The highest BCUT2D eigenvalue weighted by Crippen LogP contribution is 2.31. The van der Waals surface area contributed by atoms with Crippen molar-refractivity contribution in [3.05, 3.63) is 42.5 Å². The van der Waals surface area contributed by atoms with E-state index in [2.05, 4.69) is 41.1 Å². The van der Waals surface area contributed by atoms with E-state index in [9.17, 15) is 4.39 Å². The van der Waals surface area contributed by atoms with E-state index in [0.29, 0.717) is 41.1 Å². The standard InChI is InChI=1S/C23H29FN6O/c1-15(2)21-13-29-9-8-28(3)22-6-7-30-23(27-22)19(12-26-30)18-10-17(4-5-20(18)24)31-14-16(29)11-25-21/h4-7,10,12,15-16,21,25H,8-9,11,13-14H2,1-3H3/t16-,21+/m0/s1. The highest BCUT2D eigenvalue weighted by molar-refractivity contribution is 5.78. The van der Waals surface area contributed by atoms with Crippen LogP contribution in [0, 0.1) is 11.7 Å². The van der Waals surface area contributed by atoms with Gasteiger partial charge in [-0.25, -0.2) is 13.9 Å². The van der Waals surface area contributed by atoms with Crippen LogP contribution in [-0.2, 0) is 0 Å². The average Bonchev–Trinajstić information content (AvgIpc) is 3.19. The van der Waals surface area contributed by atoms with Crippen molar-refractivity contribution in [1.29, 1.82) is 0 Å². The molecule has 2 atom stereocenters. The minimum absolute atomic E-state index is 0.252. The number of rotatable bonds is 1. The molecule has 0 radical (unpaired) electrons. The predicted octanol–water partition coefficient (Wildman–Crippen LogP) is 2.66. The second-order valence-electron chi connectivity index (χ2n) is 8.89. The minimum Gasteiger partial charge on any atom is -0.492 e. The second-order valence-corrected chi connectivity index (χ2v) is 8.89. The number of piperazine rings is 1. The first kappa shape index (κ1) is 20.2. The summed E-state index contributed by atoms with van der Waals surface area (Å²) in [5.74, 6) is 1.77. The molecule has 0 unspecified atom stereocenters. The SMILES string of the molecule is CC(C)[C@H]1CN2CCN(C)c3ccn4ncc(c4n3)-c3cc(ccc3F)OC[C@@H]2CN1. The number of hydrogen-bond acceptors (Lipinski definition) is 6. The molecule has 0 saturated carbocycles. The van der Waals surface area contributed by atoms with E-state index in [4.69, 9.17) is 9.72 Å². The molecule has 2 aromatic heterocycles. The molecule has 1 saturated heterocycles. The third kappa shape index (κ3) is 3.85. The zero-order chi connectivity index (χ0) is 21.5. The van der Waals surface area contributed by atoms with Crippen LogP contribution < -0.4 is 15.0 Å². The van der Waals surface area contributed by atoms with Crippen LogP contribution in [0.25, 0.3) is 16.8 Å². The van der Waals surface area contributed by atoms with Crippen molar-refractivity contribution in [3.63, 3.8) is 0 Å². The van der Waals surface area contributed by atoms with Gasteiger partial charge in [-0.15, -0.1) is 0 Å². The van der Waals surface area contributed by atoms with Gasteiger partial charge in [-0.3, -0.25) is 4.90 Å². The zero-order valence-corrected chi connectivity index (χ0v) is 18.3. The number of nitrogens with zero attached hydrogens (tertiary/aromatic N) is 5. The fourth-order valence-corrected chi connectivity index (χ4v) is 4.42. The molecule has 4 heterocycles. The van der Waals surface area contributed by atoms with E-state index in [1.54, 1.807) is 22.8 Å². The number of anilines is 1. The molecule has 5 rings (SSSR count). The smallest absolute Gasteiger partial charge is 0.165 e. The summed E-state index contributed by atoms with van der Waals surface area (Å²) in [6.07, 6.45) is 3.54. The van der Waals surface area contributed by atoms with Gasteiger partial charge in [-0.2, -0.15) is 5.10 Å². The normalized spacial score (nSPS) is 22.4. The number of halogens is 1. The van der Waals surface area contributed by atoms with Crippen molar-refractivity contribution < 1.29 is 9.13 Å². The molecule has 7 nitrogen and oxygen atoms in total. The van der Waals surface area contributed by atoms with Crippen molar-refractivity contribution in [2.45, 2.75) is 25.9 Å². The lowest BCUT2D eigenvalue weighted by molar-refractivity contribution is 0.0803. The summed E-state index contributed by atoms with van der Waals surface area (Å²) in [4.78, 5) is 9.48. The van der Waals surface area contributed by atoms with Gasteiger partial charge in [0.25, 0.3) is 0 Å². The van der Waals surface area contributed by atoms with Crippen molar-refractivity contribution in [1.82, 2.24) is 24.8 Å². The van der Waals surface area contributed by atoms with Gasteiger partial charge in [-0.1, -0.05) is 13.8 Å². The van der Waals surface area contributed by atoms with E-state index >= 15 is 0 Å². The maximum absolute atomic E-state index is 14.8. The quantitative estimate of drug-likeness (QED) is 0.648. The first-order valence-corrected chi connectivity index (χ1v) is 11.0. The van der Waals surface area contributed by atoms with Crippen molar-refractivity contribution in [2.24, 2.45) is 5.92 Å². The van der Waals surface area contributed by atoms with Gasteiger partial charge in [0.1, 0.15) is 24.0 Å². The van der Waals surface area contributed by atoms with Gasteiger partial charge in [0.15, 0.2) is 5.65 Å². The van der Waals surface area contributed by atoms with Gasteiger partial charge < -0.3 is 15.0 Å². The fourth-order valence-electron chi connectivity index (χ4n) is 4.42. The number of fused-ring (bicyclic) bond motifs is 5. The molecule has 4 bridgehead atoms. The number of nitrogens with one attached hydrogen (secondary N) is 1. The molecule has 164 valence electrons. The van der Waals surface area contributed by atoms with Crippen LogP contribution in [0.1, 0.15) is 13.8 Å². The van der Waals surface area contributed by atoms with E-state index < -0.39 is 0 Å². The molecule has 31 heavy (non-hydrogen) atoms. The number of aromatic nitrogens is 3. The summed E-state index contributed by atoms with van der Waals surface area (Å²) in [5.41, 5.74) is 1.75. The lowest BCUT2D eigenvalue weighted by Gasteiger charge is -2.42. The van der Waals surface area contributed by atoms with Crippen LogP contribution in [0.2, 0.25) is 0 Å². The average molecular weight is 425 g/mol. The van der Waals surface area contributed by atoms with Gasteiger partial charge in [0.2, 0.25) is 0 Å². The fraction of sp³-hybridized carbons (Fsp3) is 0.478. The lowest BCUT2D eigenvalue weighted by Crippen LogP contribution is -2.60. The van der Waals surface area contributed by atoms with E-state index in [-0.39, 0.29) is 11.9 Å². The predicted molar refractivity (Wildman–Crippen MR) is 119 cm³/mol. The number of benzene rings is 1. The second kappa shape index (κ2) is 8.09. The van der Waals surface area contributed by atoms with Crippen LogP contribution in [0.3, 0.4) is 0 Å². The van der Waals surface area contributed by atoms with E-state index in [1.807, 2.05) is 12.3 Å². The third-order valence-electron chi connectivity index (χ3n) is 6.51. The molecule has 2 aliphatic rings. The number of ether oxygens (including phenoxy) is 1. The summed E-state index contributed by atoms with van der Waals surface area (Å²) in [5, 5.41) is 8.04. The van der Waals surface area contributed by atoms with Gasteiger partial charge >= 0.3 is 0 Å². The Kier molecular flexibility index (Phi) is 5.27. The summed E-state index contributed by atoms with van der Waals surface area (Å²) in [6.45, 7) is 8.68. The molecule has 0 spiro atoms. The van der Waals surface area contributed by atoms with Crippen molar-refractivity contribution >= 4 is 11.5 Å². The Labute approximate surface area is 181 Å². The molecule has 1 fully saturated rings. The molecule has 1 N–H and O–H groups in total. The summed E-state index contributed by atoms with van der Waals surface area (Å²) >= 11 is 0. The topological polar surface area (TPSA) is 57.9 Å². The lowest BCUT2D eigenvalue weighted by atomic mass is 9.99. The third-order valence-corrected chi connectivity index (χ3v) is 6.51. The number of hydrogen-bond donors (Lipinski definition) is 1. The largest absolute Gasteiger partial charge is 0.492 e. The van der Waals surface area contributed by atoms with Crippen molar-refractivity contribution in [3.8, 4) is 16.9 Å². The molecule has 0 amide bonds. The van der Waals surface area contributed by atoms with Crippen LogP contribution in [0.5, 0.6) is 5.75 Å². The maximum Gasteiger partial charge on any atom is 0.165 e. The van der Waals surface area contributed by atoms with Crippen LogP contribution in [0.4, 0.5) is 10.2 Å². The molecule has 8 heteroatoms. The Bertz CT molecular complexity index is 1080. The van der Waals surface area contributed by atoms with Crippen LogP contribution in [0.15, 0.2) is 36.7 Å². The number of likely N-dealkylation sites (N-methyl/N-ethyl adjacent to an activating group) is 1. The molecular formula is C23H29FN6O. The molecule has 2 aliphatic heterocycles. The Hall–Kier alpha value is -2.71. The monoisotopic (exact) mass is 424 g/mol. The minimum atomic E-state index is -0.310. The Morgan fingerprint density at radius 2 is 2.06 bits per heavy atom. The molecule has 1 aromatic carbocycles. The van der Waals surface area contributed by atoms with Gasteiger partial charge in [0.05, 0.1) is 12.2 Å². The van der Waals surface area contributed by atoms with Gasteiger partial charge in [0, 0.05) is 56.6 Å². The maximum atomic E-state index is 14.8. The summed E-state index contributed by atoms with van der Waals surface area (Å²) in [7, 11) is 2.05. The summed E-state index contributed by atoms with van der Waals surface area (Å²) < 4.78 is 22.6. The van der Waals surface area contributed by atoms with E-state index in [1.165, 1.54) is 6.07 Å². The van der Waals surface area contributed by atoms with Crippen LogP contribution in [-0.4, -0.2) is 71.4 Å². The molecule has 0 aliphatic carbocycles. The highest BCUT2D eigenvalue weighted by atomic mass is 19.1. The molecule has 3 aromatic rings. The van der Waals surface area contributed by atoms with Gasteiger partial charge in [-0.05, 0) is 30.2 Å². The first-order valence-electron chi connectivity index (χ1n) is 11.0. The molecular weight excluding hydrogens is 395 g/mol. The first-order chi connectivity index (χ1) is 15.0. The van der Waals surface area contributed by atoms with Crippen molar-refractivity contribution in [2.75, 3.05) is 44.7 Å².